The number of hydrogen-bond donors (Lipinski definition) is 0. The van der Waals surface area contributed by atoms with Crippen molar-refractivity contribution < 1.29 is 4.79 Å². The minimum atomic E-state index is -0.131. The van der Waals surface area contributed by atoms with Crippen LogP contribution >= 0.6 is 27.5 Å². The van der Waals surface area contributed by atoms with Gasteiger partial charge in [-0.1, -0.05) is 45.7 Å². The van der Waals surface area contributed by atoms with Gasteiger partial charge in [-0.15, -0.1) is 0 Å². The summed E-state index contributed by atoms with van der Waals surface area (Å²) in [7, 11) is 1.75. The normalized spacial score (nSPS) is 10.6. The fourth-order valence-corrected chi connectivity index (χ4v) is 2.94. The monoisotopic (exact) mass is 403 g/mol. The van der Waals surface area contributed by atoms with Crippen LogP contribution in [0.2, 0.25) is 5.02 Å². The summed E-state index contributed by atoms with van der Waals surface area (Å²) in [5, 5.41) is 4.79. The molecule has 0 bridgehead atoms. The Bertz CT molecular complexity index is 864. The lowest BCUT2D eigenvalue weighted by molar-refractivity contribution is 0.0785. The van der Waals surface area contributed by atoms with Gasteiger partial charge in [0.15, 0.2) is 0 Å². The lowest BCUT2D eigenvalue weighted by Crippen LogP contribution is -2.26. The van der Waals surface area contributed by atoms with Crippen LogP contribution < -0.4 is 0 Å². The first-order chi connectivity index (χ1) is 11.5. The molecule has 3 aromatic rings. The molecule has 2 aromatic carbocycles. The minimum absolute atomic E-state index is 0.131. The van der Waals surface area contributed by atoms with Gasteiger partial charge in [-0.2, -0.15) is 5.10 Å². The van der Waals surface area contributed by atoms with Crippen LogP contribution in [0.4, 0.5) is 0 Å². The van der Waals surface area contributed by atoms with E-state index in [0.717, 1.165) is 15.7 Å². The fraction of sp³-hybridized carbons (Fsp3) is 0.111. The number of rotatable bonds is 4. The van der Waals surface area contributed by atoms with Crippen LogP contribution in [0, 0.1) is 0 Å². The first-order valence-electron chi connectivity index (χ1n) is 7.34. The summed E-state index contributed by atoms with van der Waals surface area (Å²) in [6.07, 6.45) is 3.68. The van der Waals surface area contributed by atoms with Crippen molar-refractivity contribution in [1.82, 2.24) is 14.7 Å². The Balaban J connectivity index is 1.75. The maximum atomic E-state index is 12.6. The van der Waals surface area contributed by atoms with Gasteiger partial charge in [0.1, 0.15) is 0 Å². The molecule has 0 N–H and O–H groups in total. The Labute approximate surface area is 153 Å². The highest BCUT2D eigenvalue weighted by Crippen LogP contribution is 2.22. The second-order valence-corrected chi connectivity index (χ2v) is 6.74. The first-order valence-corrected chi connectivity index (χ1v) is 8.51. The summed E-state index contributed by atoms with van der Waals surface area (Å²) >= 11 is 9.50. The zero-order valence-electron chi connectivity index (χ0n) is 13.0. The van der Waals surface area contributed by atoms with Crippen LogP contribution in [-0.2, 0) is 6.54 Å². The van der Waals surface area contributed by atoms with Crippen LogP contribution in [0.25, 0.3) is 5.69 Å². The molecule has 0 aliphatic heterocycles. The van der Waals surface area contributed by atoms with Crippen LogP contribution in [0.15, 0.2) is 65.4 Å². The summed E-state index contributed by atoms with van der Waals surface area (Å²) in [4.78, 5) is 14.2. The molecule has 0 unspecified atom stereocenters. The molecule has 1 aromatic heterocycles. The Morgan fingerprint density at radius 2 is 2.00 bits per heavy atom. The van der Waals surface area contributed by atoms with Gasteiger partial charge in [-0.3, -0.25) is 4.79 Å². The molecule has 0 radical (unpaired) electrons. The predicted molar refractivity (Wildman–Crippen MR) is 98.5 cm³/mol. The number of aromatic nitrogens is 2. The lowest BCUT2D eigenvalue weighted by atomic mass is 10.2. The molecule has 122 valence electrons. The van der Waals surface area contributed by atoms with Crippen LogP contribution in [0.5, 0.6) is 0 Å². The molecule has 6 heteroatoms. The third kappa shape index (κ3) is 3.68. The van der Waals surface area contributed by atoms with Crippen LogP contribution in [0.3, 0.4) is 0 Å². The molecule has 0 atom stereocenters. The Kier molecular flexibility index (Phi) is 5.02. The molecule has 0 aliphatic rings. The topological polar surface area (TPSA) is 38.1 Å². The fourth-order valence-electron chi connectivity index (χ4n) is 2.38. The Morgan fingerprint density at radius 1 is 1.25 bits per heavy atom. The van der Waals surface area contributed by atoms with Crippen LogP contribution in [0.1, 0.15) is 15.9 Å². The molecule has 0 saturated heterocycles. The third-order valence-electron chi connectivity index (χ3n) is 3.58. The number of nitrogens with zero attached hydrogens (tertiary/aromatic N) is 3. The van der Waals surface area contributed by atoms with Crippen molar-refractivity contribution in [2.24, 2.45) is 0 Å². The predicted octanol–water partition coefficient (Wildman–Crippen LogP) is 4.56. The molecular formula is C18H15BrClN3O. The van der Waals surface area contributed by atoms with Gasteiger partial charge in [-0.25, -0.2) is 4.68 Å². The summed E-state index contributed by atoms with van der Waals surface area (Å²) in [5.74, 6) is -0.131. The highest BCUT2D eigenvalue weighted by molar-refractivity contribution is 9.10. The number of amides is 1. The molecule has 1 heterocycles. The maximum absolute atomic E-state index is 12.6. The van der Waals surface area contributed by atoms with E-state index in [1.165, 1.54) is 0 Å². The van der Waals surface area contributed by atoms with Crippen LogP contribution in [-0.4, -0.2) is 27.6 Å². The second kappa shape index (κ2) is 7.20. The third-order valence-corrected chi connectivity index (χ3v) is 4.40. The van der Waals surface area contributed by atoms with Crippen molar-refractivity contribution >= 4 is 33.4 Å². The van der Waals surface area contributed by atoms with Crippen molar-refractivity contribution in [1.29, 1.82) is 0 Å². The summed E-state index contributed by atoms with van der Waals surface area (Å²) in [6.45, 7) is 0.453. The van der Waals surface area contributed by atoms with E-state index in [1.807, 2.05) is 42.6 Å². The number of carbonyl (C=O) groups is 1. The molecule has 3 rings (SSSR count). The van der Waals surface area contributed by atoms with E-state index in [1.54, 1.807) is 35.0 Å². The molecule has 0 spiro atoms. The van der Waals surface area contributed by atoms with Crippen molar-refractivity contribution in [2.45, 2.75) is 6.54 Å². The van der Waals surface area contributed by atoms with E-state index in [2.05, 4.69) is 21.0 Å². The largest absolute Gasteiger partial charge is 0.337 e. The van der Waals surface area contributed by atoms with E-state index >= 15 is 0 Å². The highest BCUT2D eigenvalue weighted by Gasteiger charge is 2.16. The van der Waals surface area contributed by atoms with E-state index in [9.17, 15) is 4.79 Å². The van der Waals surface area contributed by atoms with Gasteiger partial charge in [0.05, 0.1) is 22.5 Å². The number of halogens is 2. The highest BCUT2D eigenvalue weighted by atomic mass is 79.9. The number of benzene rings is 2. The minimum Gasteiger partial charge on any atom is -0.337 e. The molecule has 1 amide bonds. The quantitative estimate of drug-likeness (QED) is 0.639. The van der Waals surface area contributed by atoms with Crippen molar-refractivity contribution in [3.63, 3.8) is 0 Å². The molecular weight excluding hydrogens is 390 g/mol. The van der Waals surface area contributed by atoms with Crippen molar-refractivity contribution in [2.75, 3.05) is 7.05 Å². The molecule has 24 heavy (non-hydrogen) atoms. The number of para-hydroxylation sites is 1. The second-order valence-electron chi connectivity index (χ2n) is 5.41. The average Bonchev–Trinajstić information content (AvgIpc) is 3.05. The smallest absolute Gasteiger partial charge is 0.255 e. The van der Waals surface area contributed by atoms with Gasteiger partial charge in [0, 0.05) is 29.8 Å². The zero-order chi connectivity index (χ0) is 17.1. The number of hydrogen-bond acceptors (Lipinski definition) is 2. The SMILES string of the molecule is CN(Cc1cnn(-c2ccccc2)c1)C(=O)c1cc(Br)ccc1Cl. The Hall–Kier alpha value is -2.11. The van der Waals surface area contributed by atoms with Crippen molar-refractivity contribution in [3.05, 3.63) is 81.5 Å². The number of carbonyl (C=O) groups excluding carboxylic acids is 1. The molecule has 4 nitrogen and oxygen atoms in total. The maximum Gasteiger partial charge on any atom is 0.255 e. The van der Waals surface area contributed by atoms with Gasteiger partial charge in [-0.05, 0) is 30.3 Å². The van der Waals surface area contributed by atoms with E-state index < -0.39 is 0 Å². The average molecular weight is 405 g/mol. The van der Waals surface area contributed by atoms with E-state index in [-0.39, 0.29) is 5.91 Å². The van der Waals surface area contributed by atoms with Gasteiger partial charge < -0.3 is 4.90 Å². The molecule has 0 fully saturated rings. The van der Waals surface area contributed by atoms with E-state index in [0.29, 0.717) is 17.1 Å². The first kappa shape index (κ1) is 16.7. The molecule has 0 saturated carbocycles. The van der Waals surface area contributed by atoms with E-state index in [4.69, 9.17) is 11.6 Å². The molecule has 0 aliphatic carbocycles. The standard InChI is InChI=1S/C18H15BrClN3O/c1-22(18(24)16-9-14(19)7-8-17(16)20)11-13-10-21-23(12-13)15-5-3-2-4-6-15/h2-10,12H,11H2,1H3. The zero-order valence-corrected chi connectivity index (χ0v) is 15.3. The summed E-state index contributed by atoms with van der Waals surface area (Å²) in [5.41, 5.74) is 2.40. The van der Waals surface area contributed by atoms with Gasteiger partial charge in [0.25, 0.3) is 5.91 Å². The summed E-state index contributed by atoms with van der Waals surface area (Å²) < 4.78 is 2.61. The Morgan fingerprint density at radius 3 is 2.75 bits per heavy atom. The van der Waals surface area contributed by atoms with Crippen molar-refractivity contribution in [3.8, 4) is 5.69 Å². The van der Waals surface area contributed by atoms with Gasteiger partial charge >= 0.3 is 0 Å². The van der Waals surface area contributed by atoms with Gasteiger partial charge in [0.2, 0.25) is 0 Å². The summed E-state index contributed by atoms with van der Waals surface area (Å²) in [6, 6.07) is 15.1. The lowest BCUT2D eigenvalue weighted by Gasteiger charge is -2.17.